The molecule has 0 aliphatic carbocycles. The normalized spacial score (nSPS) is 10.4. The lowest BCUT2D eigenvalue weighted by atomic mass is 10.1. The molecule has 1 aromatic heterocycles. The number of halogens is 3. The molecule has 0 atom stereocenters. The predicted molar refractivity (Wildman–Crippen MR) is 72.9 cm³/mol. The fourth-order valence-electron chi connectivity index (χ4n) is 1.48. The van der Waals surface area contributed by atoms with Gasteiger partial charge in [-0.25, -0.2) is 0 Å². The minimum atomic E-state index is -0.445. The quantitative estimate of drug-likeness (QED) is 0.677. The van der Waals surface area contributed by atoms with Gasteiger partial charge in [0.05, 0.1) is 20.6 Å². The first-order chi connectivity index (χ1) is 8.52. The molecule has 92 valence electrons. The molecule has 0 aliphatic heterocycles. The van der Waals surface area contributed by atoms with E-state index in [-0.39, 0.29) is 10.6 Å². The topological polar surface area (TPSA) is 49.9 Å². The fourth-order valence-corrected chi connectivity index (χ4v) is 2.07. The van der Waals surface area contributed by atoms with E-state index >= 15 is 0 Å². The molecular formula is C12H6Cl3NO2. The number of aromatic amines is 1. The maximum absolute atomic E-state index is 11.3. The van der Waals surface area contributed by atoms with E-state index < -0.39 is 5.56 Å². The van der Waals surface area contributed by atoms with Gasteiger partial charge in [-0.2, -0.15) is 0 Å². The number of carbonyl (C=O) groups is 1. The monoisotopic (exact) mass is 301 g/mol. The van der Waals surface area contributed by atoms with Crippen molar-refractivity contribution in [3.8, 4) is 11.1 Å². The molecular weight excluding hydrogens is 296 g/mol. The zero-order valence-electron chi connectivity index (χ0n) is 8.84. The van der Waals surface area contributed by atoms with Crippen LogP contribution in [0.2, 0.25) is 15.1 Å². The van der Waals surface area contributed by atoms with Gasteiger partial charge in [-0.1, -0.05) is 34.8 Å². The SMILES string of the molecule is O=Cc1cc(-c2cc(Cl)c(Cl)c(Cl)c2)c[nH]c1=O. The van der Waals surface area contributed by atoms with Crippen LogP contribution in [0.25, 0.3) is 11.1 Å². The van der Waals surface area contributed by atoms with Crippen molar-refractivity contribution in [3.05, 3.63) is 55.4 Å². The number of benzene rings is 1. The van der Waals surface area contributed by atoms with Gasteiger partial charge in [0.15, 0.2) is 6.29 Å². The van der Waals surface area contributed by atoms with Crippen LogP contribution in [0, 0.1) is 0 Å². The Morgan fingerprint density at radius 3 is 2.17 bits per heavy atom. The Labute approximate surface area is 117 Å². The maximum Gasteiger partial charge on any atom is 0.258 e. The van der Waals surface area contributed by atoms with Crippen LogP contribution in [-0.4, -0.2) is 11.3 Å². The van der Waals surface area contributed by atoms with Gasteiger partial charge in [0.25, 0.3) is 5.56 Å². The van der Waals surface area contributed by atoms with Gasteiger partial charge >= 0.3 is 0 Å². The molecule has 0 spiro atoms. The molecule has 0 radical (unpaired) electrons. The standard InChI is InChI=1S/C12H6Cl3NO2/c13-9-2-6(3-10(14)11(9)15)7-1-8(5-17)12(18)16-4-7/h1-5H,(H,16,18). The van der Waals surface area contributed by atoms with E-state index in [0.717, 1.165) is 0 Å². The molecule has 1 aromatic carbocycles. The lowest BCUT2D eigenvalue weighted by molar-refractivity contribution is 0.112. The van der Waals surface area contributed by atoms with Crippen LogP contribution in [-0.2, 0) is 0 Å². The summed E-state index contributed by atoms with van der Waals surface area (Å²) in [6, 6.07) is 4.68. The molecule has 0 aliphatic rings. The summed E-state index contributed by atoms with van der Waals surface area (Å²) in [4.78, 5) is 24.4. The van der Waals surface area contributed by atoms with Crippen LogP contribution in [0.4, 0.5) is 0 Å². The third kappa shape index (κ3) is 2.43. The van der Waals surface area contributed by atoms with Gasteiger partial charge in [0.1, 0.15) is 0 Å². The van der Waals surface area contributed by atoms with E-state index in [1.165, 1.54) is 12.3 Å². The van der Waals surface area contributed by atoms with Crippen LogP contribution in [0.1, 0.15) is 10.4 Å². The smallest absolute Gasteiger partial charge is 0.258 e. The summed E-state index contributed by atoms with van der Waals surface area (Å²) in [7, 11) is 0. The highest BCUT2D eigenvalue weighted by molar-refractivity contribution is 6.48. The van der Waals surface area contributed by atoms with Crippen molar-refractivity contribution in [1.82, 2.24) is 4.98 Å². The molecule has 2 rings (SSSR count). The highest BCUT2D eigenvalue weighted by Gasteiger charge is 2.09. The second kappa shape index (κ2) is 5.14. The summed E-state index contributed by atoms with van der Waals surface area (Å²) >= 11 is 17.7. The summed E-state index contributed by atoms with van der Waals surface area (Å²) < 4.78 is 0. The highest BCUT2D eigenvalue weighted by Crippen LogP contribution is 2.34. The number of carbonyl (C=O) groups excluding carboxylic acids is 1. The van der Waals surface area contributed by atoms with Crippen molar-refractivity contribution in [2.45, 2.75) is 0 Å². The molecule has 1 heterocycles. The number of nitrogens with one attached hydrogen (secondary N) is 1. The zero-order chi connectivity index (χ0) is 13.3. The molecule has 0 fully saturated rings. The average molecular weight is 303 g/mol. The Balaban J connectivity index is 2.62. The molecule has 0 saturated carbocycles. The Hall–Kier alpha value is -1.29. The van der Waals surface area contributed by atoms with E-state index in [0.29, 0.717) is 27.5 Å². The summed E-state index contributed by atoms with van der Waals surface area (Å²) in [5, 5.41) is 0.873. The molecule has 0 amide bonds. The molecule has 0 unspecified atom stereocenters. The van der Waals surface area contributed by atoms with Crippen LogP contribution >= 0.6 is 34.8 Å². The summed E-state index contributed by atoms with van der Waals surface area (Å²) in [6.45, 7) is 0. The van der Waals surface area contributed by atoms with Crippen molar-refractivity contribution in [1.29, 1.82) is 0 Å². The third-order valence-electron chi connectivity index (χ3n) is 2.38. The van der Waals surface area contributed by atoms with Crippen LogP contribution < -0.4 is 5.56 Å². The third-order valence-corrected chi connectivity index (χ3v) is 3.57. The van der Waals surface area contributed by atoms with Crippen LogP contribution in [0.3, 0.4) is 0 Å². The molecule has 18 heavy (non-hydrogen) atoms. The van der Waals surface area contributed by atoms with Gasteiger partial charge in [-0.15, -0.1) is 0 Å². The summed E-state index contributed by atoms with van der Waals surface area (Å²) in [5.41, 5.74) is 0.875. The number of aromatic nitrogens is 1. The lowest BCUT2D eigenvalue weighted by Crippen LogP contribution is -2.10. The average Bonchev–Trinajstić information content (AvgIpc) is 2.36. The number of aldehydes is 1. The van der Waals surface area contributed by atoms with E-state index in [1.54, 1.807) is 12.1 Å². The number of hydrogen-bond donors (Lipinski definition) is 1. The van der Waals surface area contributed by atoms with Gasteiger partial charge in [-0.05, 0) is 29.3 Å². The summed E-state index contributed by atoms with van der Waals surface area (Å²) in [6.07, 6.45) is 1.96. The molecule has 2 aromatic rings. The molecule has 0 bridgehead atoms. The zero-order valence-corrected chi connectivity index (χ0v) is 11.1. The molecule has 3 nitrogen and oxygen atoms in total. The van der Waals surface area contributed by atoms with Crippen molar-refractivity contribution in [3.63, 3.8) is 0 Å². The predicted octanol–water partition coefficient (Wildman–Crippen LogP) is 3.81. The number of hydrogen-bond acceptors (Lipinski definition) is 2. The van der Waals surface area contributed by atoms with Crippen molar-refractivity contribution < 1.29 is 4.79 Å². The first-order valence-electron chi connectivity index (χ1n) is 4.85. The highest BCUT2D eigenvalue weighted by atomic mass is 35.5. The van der Waals surface area contributed by atoms with E-state index in [9.17, 15) is 9.59 Å². The van der Waals surface area contributed by atoms with Crippen molar-refractivity contribution in [2.75, 3.05) is 0 Å². The minimum Gasteiger partial charge on any atom is -0.328 e. The Morgan fingerprint density at radius 1 is 1.00 bits per heavy atom. The van der Waals surface area contributed by atoms with Crippen molar-refractivity contribution >= 4 is 41.1 Å². The van der Waals surface area contributed by atoms with E-state index in [2.05, 4.69) is 4.98 Å². The first-order valence-corrected chi connectivity index (χ1v) is 5.99. The lowest BCUT2D eigenvalue weighted by Gasteiger charge is -2.06. The molecule has 1 N–H and O–H groups in total. The Morgan fingerprint density at radius 2 is 1.61 bits per heavy atom. The van der Waals surface area contributed by atoms with Crippen LogP contribution in [0.5, 0.6) is 0 Å². The second-order valence-corrected chi connectivity index (χ2v) is 4.74. The minimum absolute atomic E-state index is 0.0368. The summed E-state index contributed by atoms with van der Waals surface area (Å²) in [5.74, 6) is 0. The van der Waals surface area contributed by atoms with Gasteiger partial charge in [0.2, 0.25) is 0 Å². The molecule has 6 heteroatoms. The van der Waals surface area contributed by atoms with E-state index in [4.69, 9.17) is 34.8 Å². The number of rotatable bonds is 2. The van der Waals surface area contributed by atoms with Gasteiger partial charge in [0, 0.05) is 6.20 Å². The van der Waals surface area contributed by atoms with Crippen molar-refractivity contribution in [2.24, 2.45) is 0 Å². The Kier molecular flexibility index (Phi) is 3.76. The second-order valence-electron chi connectivity index (χ2n) is 3.54. The first kappa shape index (κ1) is 13.1. The van der Waals surface area contributed by atoms with Crippen LogP contribution in [0.15, 0.2) is 29.2 Å². The largest absolute Gasteiger partial charge is 0.328 e. The molecule has 0 saturated heterocycles. The maximum atomic E-state index is 11.3. The van der Waals surface area contributed by atoms with Gasteiger partial charge in [-0.3, -0.25) is 9.59 Å². The fraction of sp³-hybridized carbons (Fsp3) is 0. The Bertz CT molecular complexity index is 656. The number of H-pyrrole nitrogens is 1. The van der Waals surface area contributed by atoms with Gasteiger partial charge < -0.3 is 4.98 Å². The number of pyridine rings is 1. The van der Waals surface area contributed by atoms with E-state index in [1.807, 2.05) is 0 Å².